The lowest BCUT2D eigenvalue weighted by atomic mass is 10.1. The second-order valence-electron chi connectivity index (χ2n) is 5.10. The minimum atomic E-state index is -0.626. The molecule has 3 rings (SSSR count). The number of carbonyl (C=O) groups excluding carboxylic acids is 1. The van der Waals surface area contributed by atoms with Gasteiger partial charge in [-0.2, -0.15) is 0 Å². The van der Waals surface area contributed by atoms with Gasteiger partial charge in [-0.05, 0) is 42.8 Å². The number of carbonyl (C=O) groups is 1. The number of aromatic amines is 1. The first kappa shape index (κ1) is 17.0. The Morgan fingerprint density at radius 3 is 2.71 bits per heavy atom. The van der Waals surface area contributed by atoms with E-state index in [4.69, 9.17) is 23.2 Å². The fraction of sp³-hybridized carbons (Fsp3) is 0.0625. The zero-order chi connectivity index (χ0) is 17.4. The Morgan fingerprint density at radius 2 is 2.00 bits per heavy atom. The van der Waals surface area contributed by atoms with Crippen LogP contribution in [-0.4, -0.2) is 16.0 Å². The number of amides is 1. The summed E-state index contributed by atoms with van der Waals surface area (Å²) in [7, 11) is 0. The lowest BCUT2D eigenvalue weighted by Gasteiger charge is -1.99. The summed E-state index contributed by atoms with van der Waals surface area (Å²) in [5.41, 5.74) is 2.02. The van der Waals surface area contributed by atoms with Crippen LogP contribution in [0.4, 0.5) is 5.69 Å². The first-order valence-electron chi connectivity index (χ1n) is 6.78. The van der Waals surface area contributed by atoms with Crippen LogP contribution in [0.5, 0.6) is 5.88 Å². The molecule has 1 amide bonds. The third-order valence-corrected chi connectivity index (χ3v) is 4.84. The quantitative estimate of drug-likeness (QED) is 0.480. The Morgan fingerprint density at radius 1 is 1.25 bits per heavy atom. The van der Waals surface area contributed by atoms with E-state index < -0.39 is 5.91 Å². The average Bonchev–Trinajstić information content (AvgIpc) is 2.80. The van der Waals surface area contributed by atoms with Gasteiger partial charge in [-0.15, -0.1) is 10.2 Å². The van der Waals surface area contributed by atoms with E-state index in [1.54, 1.807) is 6.07 Å². The highest BCUT2D eigenvalue weighted by molar-refractivity contribution is 9.10. The largest absolute Gasteiger partial charge is 0.493 e. The molecule has 0 saturated heterocycles. The summed E-state index contributed by atoms with van der Waals surface area (Å²) in [6.07, 6.45) is 0. The van der Waals surface area contributed by atoms with Gasteiger partial charge in [0.05, 0.1) is 16.1 Å². The van der Waals surface area contributed by atoms with Crippen LogP contribution >= 0.6 is 39.1 Å². The van der Waals surface area contributed by atoms with Crippen LogP contribution in [0.2, 0.25) is 10.0 Å². The molecule has 3 aromatic rings. The number of nitrogens with zero attached hydrogens (tertiary/aromatic N) is 2. The summed E-state index contributed by atoms with van der Waals surface area (Å²) < 4.78 is 0.892. The number of hydrogen-bond acceptors (Lipinski definition) is 3. The van der Waals surface area contributed by atoms with Crippen molar-refractivity contribution in [2.75, 3.05) is 0 Å². The number of benzene rings is 2. The monoisotopic (exact) mass is 425 g/mol. The van der Waals surface area contributed by atoms with Gasteiger partial charge in [0.25, 0.3) is 5.91 Å². The Hall–Kier alpha value is -1.89. The molecule has 122 valence electrons. The van der Waals surface area contributed by atoms with Crippen molar-refractivity contribution in [3.63, 3.8) is 0 Å². The van der Waals surface area contributed by atoms with E-state index in [1.807, 2.05) is 19.1 Å². The van der Waals surface area contributed by atoms with E-state index in [2.05, 4.69) is 31.1 Å². The van der Waals surface area contributed by atoms with Crippen molar-refractivity contribution in [3.05, 3.63) is 56.0 Å². The van der Waals surface area contributed by atoms with Crippen molar-refractivity contribution in [3.8, 4) is 5.88 Å². The van der Waals surface area contributed by atoms with Crippen molar-refractivity contribution >= 4 is 61.6 Å². The molecule has 5 nitrogen and oxygen atoms in total. The van der Waals surface area contributed by atoms with Crippen LogP contribution in [0.25, 0.3) is 10.9 Å². The molecule has 2 N–H and O–H groups in total. The predicted octanol–water partition coefficient (Wildman–Crippen LogP) is 6.18. The second kappa shape index (κ2) is 6.55. The summed E-state index contributed by atoms with van der Waals surface area (Å²) in [4.78, 5) is 14.9. The number of nitrogens with one attached hydrogen (secondary N) is 1. The fourth-order valence-electron chi connectivity index (χ4n) is 2.21. The Balaban J connectivity index is 2.00. The number of H-pyrrole nitrogens is 1. The Labute approximate surface area is 155 Å². The first-order valence-corrected chi connectivity index (χ1v) is 8.33. The molecule has 1 heterocycles. The molecule has 0 bridgehead atoms. The standard InChI is InChI=1S/C16H10BrCl2N3O2/c1-7-4-10-13(6-11(7)17)20-16(24)14(10)21-22-15(23)9-3-2-8(18)5-12(9)19/h2-6,20,24H,1H3. The van der Waals surface area contributed by atoms with Gasteiger partial charge in [-0.25, -0.2) is 0 Å². The number of rotatable bonds is 2. The van der Waals surface area contributed by atoms with Crippen molar-refractivity contribution in [2.24, 2.45) is 10.2 Å². The first-order chi connectivity index (χ1) is 11.4. The third kappa shape index (κ3) is 3.17. The van der Waals surface area contributed by atoms with Crippen molar-refractivity contribution in [1.29, 1.82) is 0 Å². The molecule has 8 heteroatoms. The summed E-state index contributed by atoms with van der Waals surface area (Å²) >= 11 is 15.2. The highest BCUT2D eigenvalue weighted by Crippen LogP contribution is 2.38. The molecule has 0 aliphatic rings. The zero-order valence-electron chi connectivity index (χ0n) is 12.3. The van der Waals surface area contributed by atoms with Gasteiger partial charge >= 0.3 is 0 Å². The van der Waals surface area contributed by atoms with Gasteiger partial charge < -0.3 is 10.1 Å². The number of aromatic hydroxyl groups is 1. The molecule has 0 atom stereocenters. The van der Waals surface area contributed by atoms with Crippen LogP contribution in [0.1, 0.15) is 15.9 Å². The third-order valence-electron chi connectivity index (χ3n) is 3.43. The van der Waals surface area contributed by atoms with Gasteiger partial charge in [-0.3, -0.25) is 4.79 Å². The van der Waals surface area contributed by atoms with E-state index in [9.17, 15) is 9.90 Å². The number of aryl methyl sites for hydroxylation is 1. The highest BCUT2D eigenvalue weighted by atomic mass is 79.9. The molecular weight excluding hydrogens is 417 g/mol. The van der Waals surface area contributed by atoms with Crippen LogP contribution in [-0.2, 0) is 0 Å². The molecule has 0 spiro atoms. The maximum absolute atomic E-state index is 12.2. The van der Waals surface area contributed by atoms with E-state index >= 15 is 0 Å². The van der Waals surface area contributed by atoms with Gasteiger partial charge in [0.2, 0.25) is 5.88 Å². The number of halogens is 3. The van der Waals surface area contributed by atoms with Crippen LogP contribution < -0.4 is 0 Å². The molecule has 0 fully saturated rings. The molecule has 2 aromatic carbocycles. The average molecular weight is 427 g/mol. The Kier molecular flexibility index (Phi) is 4.62. The SMILES string of the molecule is Cc1cc2c(N=NC(=O)c3ccc(Cl)cc3Cl)c(O)[nH]c2cc1Br. The highest BCUT2D eigenvalue weighted by Gasteiger charge is 2.14. The summed E-state index contributed by atoms with van der Waals surface area (Å²) in [6, 6.07) is 8.13. The van der Waals surface area contributed by atoms with Gasteiger partial charge in [0.15, 0.2) is 5.69 Å². The van der Waals surface area contributed by atoms with E-state index in [1.165, 1.54) is 12.1 Å². The molecule has 24 heavy (non-hydrogen) atoms. The van der Waals surface area contributed by atoms with Crippen LogP contribution in [0, 0.1) is 6.92 Å². The van der Waals surface area contributed by atoms with Crippen molar-refractivity contribution in [2.45, 2.75) is 6.92 Å². The molecule has 0 radical (unpaired) electrons. The second-order valence-corrected chi connectivity index (χ2v) is 6.80. The van der Waals surface area contributed by atoms with Crippen LogP contribution in [0.15, 0.2) is 45.0 Å². The molecule has 1 aromatic heterocycles. The Bertz CT molecular complexity index is 999. The lowest BCUT2D eigenvalue weighted by Crippen LogP contribution is -1.94. The fourth-order valence-corrected chi connectivity index (χ4v) is 3.04. The predicted molar refractivity (Wildman–Crippen MR) is 97.7 cm³/mol. The minimum absolute atomic E-state index is 0.166. The summed E-state index contributed by atoms with van der Waals surface area (Å²) in [5.74, 6) is -0.791. The maximum Gasteiger partial charge on any atom is 0.296 e. The smallest absolute Gasteiger partial charge is 0.296 e. The van der Waals surface area contributed by atoms with Gasteiger partial charge in [-0.1, -0.05) is 39.1 Å². The maximum atomic E-state index is 12.2. The van der Waals surface area contributed by atoms with Crippen molar-refractivity contribution in [1.82, 2.24) is 4.98 Å². The molecular formula is C16H10BrCl2N3O2. The van der Waals surface area contributed by atoms with Gasteiger partial charge in [0.1, 0.15) is 0 Å². The molecule has 0 unspecified atom stereocenters. The van der Waals surface area contributed by atoms with E-state index in [-0.39, 0.29) is 22.2 Å². The lowest BCUT2D eigenvalue weighted by molar-refractivity contribution is 0.0995. The number of hydrogen-bond donors (Lipinski definition) is 2. The number of fused-ring (bicyclic) bond motifs is 1. The molecule has 0 aliphatic heterocycles. The summed E-state index contributed by atoms with van der Waals surface area (Å²) in [5, 5.41) is 18.8. The molecule has 0 aliphatic carbocycles. The number of aromatic nitrogens is 1. The van der Waals surface area contributed by atoms with E-state index in [0.717, 1.165) is 10.0 Å². The van der Waals surface area contributed by atoms with Crippen molar-refractivity contribution < 1.29 is 9.90 Å². The normalized spacial score (nSPS) is 11.5. The molecule has 0 saturated carbocycles. The summed E-state index contributed by atoms with van der Waals surface area (Å²) in [6.45, 7) is 1.91. The minimum Gasteiger partial charge on any atom is -0.493 e. The van der Waals surface area contributed by atoms with Gasteiger partial charge in [0, 0.05) is 14.9 Å². The van der Waals surface area contributed by atoms with Crippen LogP contribution in [0.3, 0.4) is 0 Å². The topological polar surface area (TPSA) is 77.8 Å². The van der Waals surface area contributed by atoms with E-state index in [0.29, 0.717) is 15.9 Å². The number of azo groups is 1. The zero-order valence-corrected chi connectivity index (χ0v) is 15.4.